The van der Waals surface area contributed by atoms with Gasteiger partial charge in [-0.3, -0.25) is 0 Å². The largest absolute Gasteiger partial charge is 0.507 e. The Morgan fingerprint density at radius 3 is 1.71 bits per heavy atom. The number of phenols is 1. The molecule has 0 spiro atoms. The predicted octanol–water partition coefficient (Wildman–Crippen LogP) is 3.10. The van der Waals surface area contributed by atoms with Gasteiger partial charge in [0, 0.05) is 6.61 Å². The molecule has 0 bridgehead atoms. The van der Waals surface area contributed by atoms with Crippen LogP contribution < -0.4 is 5.73 Å². The van der Waals surface area contributed by atoms with Crippen molar-refractivity contribution in [1.29, 1.82) is 0 Å². The Hall–Kier alpha value is -1.06. The van der Waals surface area contributed by atoms with Crippen LogP contribution >= 0.6 is 0 Å². The highest BCUT2D eigenvalue weighted by Gasteiger charge is 2.26. The summed E-state index contributed by atoms with van der Waals surface area (Å²) in [6.45, 7) is 13.2. The highest BCUT2D eigenvalue weighted by Crippen LogP contribution is 2.40. The normalized spacial score (nSPS) is 14.3. The maximum atomic E-state index is 10.7. The van der Waals surface area contributed by atoms with E-state index in [0.29, 0.717) is 12.3 Å². The first-order valence-electron chi connectivity index (χ1n) is 7.68. The Balaban J connectivity index is 3.40. The maximum Gasteiger partial charge on any atom is 0.123 e. The molecule has 0 radical (unpaired) electrons. The molecule has 1 unspecified atom stereocenters. The molecule has 1 aromatic carbocycles. The molecule has 1 aromatic rings. The van der Waals surface area contributed by atoms with Gasteiger partial charge in [0.05, 0.1) is 0 Å². The second-order valence-electron chi connectivity index (χ2n) is 8.03. The number of rotatable bonds is 4. The van der Waals surface area contributed by atoms with Gasteiger partial charge in [0.25, 0.3) is 0 Å². The molecule has 120 valence electrons. The Morgan fingerprint density at radius 1 is 1.00 bits per heavy atom. The van der Waals surface area contributed by atoms with Gasteiger partial charge in [-0.15, -0.1) is 0 Å². The van der Waals surface area contributed by atoms with Crippen LogP contribution in [0, 0.1) is 5.92 Å². The first-order valence-corrected chi connectivity index (χ1v) is 7.68. The zero-order chi connectivity index (χ0) is 16.4. The summed E-state index contributed by atoms with van der Waals surface area (Å²) in [4.78, 5) is 0. The summed E-state index contributed by atoms with van der Waals surface area (Å²) < 4.78 is 0. The molecule has 1 rings (SSSR count). The molecule has 4 N–H and O–H groups in total. The van der Waals surface area contributed by atoms with E-state index < -0.39 is 0 Å². The standard InChI is InChI=1S/C18H31NO2/c1-17(2,3)14-8-12(7-13(10-19)11-20)9-15(16(14)21)18(4,5)6/h8-9,13,20-21H,7,10-11,19H2,1-6H3. The lowest BCUT2D eigenvalue weighted by atomic mass is 9.77. The molecule has 0 aliphatic rings. The maximum absolute atomic E-state index is 10.7. The SMILES string of the molecule is CC(C)(C)c1cc(CC(CN)CO)cc(C(C)(C)C)c1O. The van der Waals surface area contributed by atoms with Crippen LogP contribution in [-0.2, 0) is 17.3 Å². The van der Waals surface area contributed by atoms with Gasteiger partial charge in [0.15, 0.2) is 0 Å². The van der Waals surface area contributed by atoms with E-state index in [1.165, 1.54) is 0 Å². The predicted molar refractivity (Wildman–Crippen MR) is 88.8 cm³/mol. The van der Waals surface area contributed by atoms with Gasteiger partial charge in [0.2, 0.25) is 0 Å². The number of aromatic hydroxyl groups is 1. The molecule has 3 heteroatoms. The van der Waals surface area contributed by atoms with Gasteiger partial charge in [-0.05, 0) is 46.4 Å². The molecule has 0 aliphatic carbocycles. The van der Waals surface area contributed by atoms with Gasteiger partial charge in [-0.1, -0.05) is 53.7 Å². The first kappa shape index (κ1) is 18.0. The van der Waals surface area contributed by atoms with Gasteiger partial charge in [0.1, 0.15) is 5.75 Å². The Kier molecular flexibility index (Phi) is 5.46. The van der Waals surface area contributed by atoms with Crippen LogP contribution in [-0.4, -0.2) is 23.4 Å². The van der Waals surface area contributed by atoms with E-state index in [-0.39, 0.29) is 23.4 Å². The van der Waals surface area contributed by atoms with E-state index in [9.17, 15) is 10.2 Å². The van der Waals surface area contributed by atoms with E-state index in [4.69, 9.17) is 5.73 Å². The smallest absolute Gasteiger partial charge is 0.123 e. The summed E-state index contributed by atoms with van der Waals surface area (Å²) in [6, 6.07) is 4.12. The monoisotopic (exact) mass is 293 g/mol. The number of benzene rings is 1. The lowest BCUT2D eigenvalue weighted by Crippen LogP contribution is -2.22. The topological polar surface area (TPSA) is 66.5 Å². The third kappa shape index (κ3) is 4.45. The van der Waals surface area contributed by atoms with E-state index in [1.54, 1.807) is 0 Å². The number of phenolic OH excluding ortho intramolecular Hbond substituents is 1. The van der Waals surface area contributed by atoms with E-state index in [0.717, 1.165) is 23.1 Å². The summed E-state index contributed by atoms with van der Waals surface area (Å²) in [5.74, 6) is 0.460. The third-order valence-corrected chi connectivity index (χ3v) is 3.90. The van der Waals surface area contributed by atoms with E-state index in [2.05, 4.69) is 53.7 Å². The summed E-state index contributed by atoms with van der Waals surface area (Å²) in [5, 5.41) is 20.0. The van der Waals surface area contributed by atoms with Gasteiger partial charge < -0.3 is 15.9 Å². The first-order chi connectivity index (χ1) is 9.50. The second-order valence-corrected chi connectivity index (χ2v) is 8.03. The Morgan fingerprint density at radius 2 is 1.43 bits per heavy atom. The third-order valence-electron chi connectivity index (χ3n) is 3.90. The van der Waals surface area contributed by atoms with Crippen molar-refractivity contribution >= 4 is 0 Å². The molecule has 0 aromatic heterocycles. The van der Waals surface area contributed by atoms with Crippen molar-refractivity contribution in [3.8, 4) is 5.75 Å². The fourth-order valence-electron chi connectivity index (χ4n) is 2.51. The molecule has 0 saturated carbocycles. The minimum Gasteiger partial charge on any atom is -0.507 e. The quantitative estimate of drug-likeness (QED) is 0.799. The molecule has 0 fully saturated rings. The van der Waals surface area contributed by atoms with Gasteiger partial charge in [-0.25, -0.2) is 0 Å². The summed E-state index contributed by atoms with van der Waals surface area (Å²) >= 11 is 0. The summed E-state index contributed by atoms with van der Waals surface area (Å²) in [5.41, 5.74) is 8.49. The van der Waals surface area contributed by atoms with Gasteiger partial charge in [-0.2, -0.15) is 0 Å². The van der Waals surface area contributed by atoms with Crippen molar-refractivity contribution in [2.75, 3.05) is 13.2 Å². The van der Waals surface area contributed by atoms with Crippen LogP contribution in [0.5, 0.6) is 5.75 Å². The highest BCUT2D eigenvalue weighted by molar-refractivity contribution is 5.50. The fraction of sp³-hybridized carbons (Fsp3) is 0.667. The van der Waals surface area contributed by atoms with Crippen LogP contribution in [0.25, 0.3) is 0 Å². The van der Waals surface area contributed by atoms with E-state index >= 15 is 0 Å². The Bertz CT molecular complexity index is 442. The number of nitrogens with two attached hydrogens (primary N) is 1. The molecular formula is C18H31NO2. The average Bonchev–Trinajstić information content (AvgIpc) is 2.34. The van der Waals surface area contributed by atoms with Crippen LogP contribution in [0.4, 0.5) is 0 Å². The molecule has 1 atom stereocenters. The molecule has 0 aliphatic heterocycles. The molecule has 0 saturated heterocycles. The molecule has 0 heterocycles. The van der Waals surface area contributed by atoms with Gasteiger partial charge >= 0.3 is 0 Å². The zero-order valence-corrected chi connectivity index (χ0v) is 14.3. The zero-order valence-electron chi connectivity index (χ0n) is 14.3. The lowest BCUT2D eigenvalue weighted by Gasteiger charge is -2.28. The minimum absolute atomic E-state index is 0.0650. The highest BCUT2D eigenvalue weighted by atomic mass is 16.3. The van der Waals surface area contributed by atoms with Crippen molar-refractivity contribution in [2.45, 2.75) is 58.8 Å². The van der Waals surface area contributed by atoms with Crippen molar-refractivity contribution in [3.63, 3.8) is 0 Å². The summed E-state index contributed by atoms with van der Waals surface area (Å²) in [7, 11) is 0. The van der Waals surface area contributed by atoms with Crippen molar-refractivity contribution in [1.82, 2.24) is 0 Å². The summed E-state index contributed by atoms with van der Waals surface area (Å²) in [6.07, 6.45) is 0.736. The second kappa shape index (κ2) is 6.37. The molecule has 3 nitrogen and oxygen atoms in total. The minimum atomic E-state index is -0.127. The average molecular weight is 293 g/mol. The number of aliphatic hydroxyl groups excluding tert-OH is 1. The fourth-order valence-corrected chi connectivity index (χ4v) is 2.51. The lowest BCUT2D eigenvalue weighted by molar-refractivity contribution is 0.229. The van der Waals surface area contributed by atoms with Crippen molar-refractivity contribution in [3.05, 3.63) is 28.8 Å². The number of hydrogen-bond donors (Lipinski definition) is 3. The Labute approximate surface area is 129 Å². The van der Waals surface area contributed by atoms with Crippen molar-refractivity contribution in [2.24, 2.45) is 11.7 Å². The van der Waals surface area contributed by atoms with Crippen LogP contribution in [0.1, 0.15) is 58.2 Å². The van der Waals surface area contributed by atoms with E-state index in [1.807, 2.05) is 0 Å². The van der Waals surface area contributed by atoms with Crippen molar-refractivity contribution < 1.29 is 10.2 Å². The number of aliphatic hydroxyl groups is 1. The van der Waals surface area contributed by atoms with Crippen LogP contribution in [0.3, 0.4) is 0 Å². The molecular weight excluding hydrogens is 262 g/mol. The van der Waals surface area contributed by atoms with Crippen LogP contribution in [0.15, 0.2) is 12.1 Å². The number of hydrogen-bond acceptors (Lipinski definition) is 3. The van der Waals surface area contributed by atoms with Crippen LogP contribution in [0.2, 0.25) is 0 Å². The molecule has 0 amide bonds. The molecule has 21 heavy (non-hydrogen) atoms.